The van der Waals surface area contributed by atoms with Gasteiger partial charge in [-0.1, -0.05) is 26.0 Å². The van der Waals surface area contributed by atoms with E-state index in [4.69, 9.17) is 5.73 Å². The van der Waals surface area contributed by atoms with Crippen LogP contribution in [0.25, 0.3) is 0 Å². The molecule has 0 atom stereocenters. The molecule has 0 radical (unpaired) electrons. The number of aryl methyl sites for hydroxylation is 1. The zero-order valence-corrected chi connectivity index (χ0v) is 11.7. The highest BCUT2D eigenvalue weighted by molar-refractivity contribution is 5.24. The van der Waals surface area contributed by atoms with Gasteiger partial charge in [0.15, 0.2) is 0 Å². The molecule has 0 spiro atoms. The number of hydrogen-bond acceptors (Lipinski definition) is 2. The van der Waals surface area contributed by atoms with Crippen LogP contribution in [0.3, 0.4) is 0 Å². The quantitative estimate of drug-likeness (QED) is 0.732. The predicted octanol–water partition coefficient (Wildman–Crippen LogP) is 2.64. The SMILES string of the molecule is Cc1cc(CCNCCC(C)(C)CN)ccc1F. The first-order valence-electron chi connectivity index (χ1n) is 6.60. The molecule has 2 nitrogen and oxygen atoms in total. The molecule has 0 saturated carbocycles. The topological polar surface area (TPSA) is 38.0 Å². The van der Waals surface area contributed by atoms with Crippen molar-refractivity contribution in [2.24, 2.45) is 11.1 Å². The minimum atomic E-state index is -0.128. The maximum absolute atomic E-state index is 13.1. The Labute approximate surface area is 110 Å². The molecule has 0 heterocycles. The Hall–Kier alpha value is -0.930. The summed E-state index contributed by atoms with van der Waals surface area (Å²) in [5.41, 5.74) is 7.79. The summed E-state index contributed by atoms with van der Waals surface area (Å²) in [7, 11) is 0. The molecule has 3 N–H and O–H groups in total. The van der Waals surface area contributed by atoms with E-state index < -0.39 is 0 Å². The predicted molar refractivity (Wildman–Crippen MR) is 75.2 cm³/mol. The lowest BCUT2D eigenvalue weighted by Gasteiger charge is -2.22. The fraction of sp³-hybridized carbons (Fsp3) is 0.600. The van der Waals surface area contributed by atoms with E-state index in [1.54, 1.807) is 13.0 Å². The first-order valence-corrected chi connectivity index (χ1v) is 6.60. The summed E-state index contributed by atoms with van der Waals surface area (Å²) in [4.78, 5) is 0. The normalized spacial score (nSPS) is 11.8. The molecule has 0 fully saturated rings. The zero-order chi connectivity index (χ0) is 13.6. The molecule has 1 aromatic rings. The maximum atomic E-state index is 13.1. The average Bonchev–Trinajstić information content (AvgIpc) is 2.33. The van der Waals surface area contributed by atoms with E-state index in [0.717, 1.165) is 31.5 Å². The van der Waals surface area contributed by atoms with Crippen molar-refractivity contribution in [2.75, 3.05) is 19.6 Å². The summed E-state index contributed by atoms with van der Waals surface area (Å²) in [6, 6.07) is 5.32. The van der Waals surface area contributed by atoms with Crippen LogP contribution in [0.1, 0.15) is 31.4 Å². The van der Waals surface area contributed by atoms with Crippen molar-refractivity contribution in [1.29, 1.82) is 0 Å². The van der Waals surface area contributed by atoms with Gasteiger partial charge >= 0.3 is 0 Å². The van der Waals surface area contributed by atoms with Crippen LogP contribution >= 0.6 is 0 Å². The second-order valence-corrected chi connectivity index (χ2v) is 5.70. The number of nitrogens with two attached hydrogens (primary N) is 1. The molecule has 0 aliphatic carbocycles. The second kappa shape index (κ2) is 6.86. The molecule has 1 aromatic carbocycles. The molecule has 102 valence electrons. The Morgan fingerprint density at radius 2 is 2.00 bits per heavy atom. The summed E-state index contributed by atoms with van der Waals surface area (Å²) in [6.07, 6.45) is 2.01. The molecule has 1 rings (SSSR count). The number of hydrogen-bond donors (Lipinski definition) is 2. The molecule has 0 unspecified atom stereocenters. The molecule has 0 aromatic heterocycles. The van der Waals surface area contributed by atoms with Crippen molar-refractivity contribution < 1.29 is 4.39 Å². The number of halogens is 1. The van der Waals surface area contributed by atoms with Crippen LogP contribution in [0, 0.1) is 18.2 Å². The third-order valence-electron chi connectivity index (χ3n) is 3.34. The van der Waals surface area contributed by atoms with Crippen LogP contribution in [-0.4, -0.2) is 19.6 Å². The molecule has 0 saturated heterocycles. The van der Waals surface area contributed by atoms with Gasteiger partial charge in [0.2, 0.25) is 0 Å². The first kappa shape index (κ1) is 15.1. The van der Waals surface area contributed by atoms with Gasteiger partial charge in [-0.2, -0.15) is 0 Å². The maximum Gasteiger partial charge on any atom is 0.126 e. The molecule has 0 amide bonds. The van der Waals surface area contributed by atoms with Crippen molar-refractivity contribution in [2.45, 2.75) is 33.6 Å². The number of benzene rings is 1. The van der Waals surface area contributed by atoms with E-state index >= 15 is 0 Å². The van der Waals surface area contributed by atoms with Crippen LogP contribution in [0.5, 0.6) is 0 Å². The van der Waals surface area contributed by atoms with Gasteiger partial charge in [-0.25, -0.2) is 4.39 Å². The van der Waals surface area contributed by atoms with Crippen molar-refractivity contribution in [3.8, 4) is 0 Å². The van der Waals surface area contributed by atoms with Crippen molar-refractivity contribution >= 4 is 0 Å². The van der Waals surface area contributed by atoms with E-state index in [2.05, 4.69) is 19.2 Å². The van der Waals surface area contributed by atoms with E-state index in [1.165, 1.54) is 5.56 Å². The van der Waals surface area contributed by atoms with Crippen LogP contribution in [0.2, 0.25) is 0 Å². The Balaban J connectivity index is 2.24. The van der Waals surface area contributed by atoms with Crippen molar-refractivity contribution in [1.82, 2.24) is 5.32 Å². The lowest BCUT2D eigenvalue weighted by molar-refractivity contribution is 0.340. The molecule has 3 heteroatoms. The van der Waals surface area contributed by atoms with E-state index in [9.17, 15) is 4.39 Å². The van der Waals surface area contributed by atoms with Gasteiger partial charge in [0.1, 0.15) is 5.82 Å². The molecule has 0 bridgehead atoms. The minimum Gasteiger partial charge on any atom is -0.330 e. The summed E-state index contributed by atoms with van der Waals surface area (Å²) in [5, 5.41) is 3.41. The van der Waals surface area contributed by atoms with Crippen LogP contribution < -0.4 is 11.1 Å². The van der Waals surface area contributed by atoms with Gasteiger partial charge in [-0.3, -0.25) is 0 Å². The van der Waals surface area contributed by atoms with Crippen LogP contribution in [0.15, 0.2) is 18.2 Å². The Morgan fingerprint density at radius 1 is 1.28 bits per heavy atom. The number of nitrogens with one attached hydrogen (secondary N) is 1. The van der Waals surface area contributed by atoms with Gasteiger partial charge < -0.3 is 11.1 Å². The Morgan fingerprint density at radius 3 is 2.61 bits per heavy atom. The highest BCUT2D eigenvalue weighted by Gasteiger charge is 2.14. The minimum absolute atomic E-state index is 0.128. The van der Waals surface area contributed by atoms with Gasteiger partial charge in [0, 0.05) is 0 Å². The summed E-state index contributed by atoms with van der Waals surface area (Å²) < 4.78 is 13.1. The fourth-order valence-corrected chi connectivity index (χ4v) is 1.75. The summed E-state index contributed by atoms with van der Waals surface area (Å²) >= 11 is 0. The largest absolute Gasteiger partial charge is 0.330 e. The molecule has 0 aliphatic heterocycles. The highest BCUT2D eigenvalue weighted by Crippen LogP contribution is 2.16. The van der Waals surface area contributed by atoms with Gasteiger partial charge in [-0.15, -0.1) is 0 Å². The van der Waals surface area contributed by atoms with E-state index in [-0.39, 0.29) is 11.2 Å². The Kier molecular flexibility index (Phi) is 5.76. The summed E-state index contributed by atoms with van der Waals surface area (Å²) in [6.45, 7) is 8.77. The lowest BCUT2D eigenvalue weighted by atomic mass is 9.90. The smallest absolute Gasteiger partial charge is 0.126 e. The monoisotopic (exact) mass is 252 g/mol. The standard InChI is InChI=1S/C15H25FN2/c1-12-10-13(4-5-14(12)16)6-8-18-9-7-15(2,3)11-17/h4-5,10,18H,6-9,11,17H2,1-3H3. The van der Waals surface area contributed by atoms with Crippen LogP contribution in [-0.2, 0) is 6.42 Å². The van der Waals surface area contributed by atoms with Crippen molar-refractivity contribution in [3.63, 3.8) is 0 Å². The molecule has 18 heavy (non-hydrogen) atoms. The van der Waals surface area contributed by atoms with Gasteiger partial charge in [0.25, 0.3) is 0 Å². The molecular weight excluding hydrogens is 227 g/mol. The average molecular weight is 252 g/mol. The fourth-order valence-electron chi connectivity index (χ4n) is 1.75. The Bertz CT molecular complexity index is 375. The van der Waals surface area contributed by atoms with E-state index in [0.29, 0.717) is 6.54 Å². The molecule has 0 aliphatic rings. The van der Waals surface area contributed by atoms with Gasteiger partial charge in [0.05, 0.1) is 0 Å². The highest BCUT2D eigenvalue weighted by atomic mass is 19.1. The van der Waals surface area contributed by atoms with E-state index in [1.807, 2.05) is 12.1 Å². The lowest BCUT2D eigenvalue weighted by Crippen LogP contribution is -2.29. The number of rotatable bonds is 7. The first-order chi connectivity index (χ1) is 8.44. The van der Waals surface area contributed by atoms with Gasteiger partial charge in [-0.05, 0) is 62.0 Å². The van der Waals surface area contributed by atoms with Crippen LogP contribution in [0.4, 0.5) is 4.39 Å². The third kappa shape index (κ3) is 5.15. The zero-order valence-electron chi connectivity index (χ0n) is 11.7. The summed E-state index contributed by atoms with van der Waals surface area (Å²) in [5.74, 6) is -0.128. The molecular formula is C15H25FN2. The second-order valence-electron chi connectivity index (χ2n) is 5.70. The van der Waals surface area contributed by atoms with Crippen molar-refractivity contribution in [3.05, 3.63) is 35.1 Å². The third-order valence-corrected chi connectivity index (χ3v) is 3.34.